The maximum atomic E-state index is 13.9. The highest BCUT2D eigenvalue weighted by Crippen LogP contribution is 2.38. The van der Waals surface area contributed by atoms with Crippen LogP contribution in [0.15, 0.2) is 41.3 Å². The Morgan fingerprint density at radius 2 is 1.88 bits per heavy atom. The normalized spacial score (nSPS) is 19.3. The molecule has 34 heavy (non-hydrogen) atoms. The molecule has 186 valence electrons. The highest BCUT2D eigenvalue weighted by Gasteiger charge is 2.35. The fraction of sp³-hybridized carbons (Fsp3) is 0.556. The van der Waals surface area contributed by atoms with E-state index in [2.05, 4.69) is 19.9 Å². The van der Waals surface area contributed by atoms with Crippen molar-refractivity contribution in [2.45, 2.75) is 76.3 Å². The number of hydrogen-bond donors (Lipinski definition) is 1. The summed E-state index contributed by atoms with van der Waals surface area (Å²) < 4.78 is 40.8. The zero-order valence-electron chi connectivity index (χ0n) is 20.5. The van der Waals surface area contributed by atoms with Crippen LogP contribution < -0.4 is 9.04 Å². The molecule has 0 aromatic heterocycles. The predicted molar refractivity (Wildman–Crippen MR) is 134 cm³/mol. The largest absolute Gasteiger partial charge is 0.493 e. The van der Waals surface area contributed by atoms with Crippen LogP contribution in [0, 0.1) is 5.92 Å². The van der Waals surface area contributed by atoms with Crippen LogP contribution in [0.5, 0.6) is 5.75 Å². The second kappa shape index (κ2) is 10.7. The van der Waals surface area contributed by atoms with Crippen molar-refractivity contribution in [3.63, 3.8) is 0 Å². The molecular formula is C27H37NO5S. The van der Waals surface area contributed by atoms with Gasteiger partial charge in [0.1, 0.15) is 5.75 Å². The van der Waals surface area contributed by atoms with Gasteiger partial charge in [0.15, 0.2) is 0 Å². The number of nitrogens with zero attached hydrogens (tertiary/aromatic N) is 1. The third-order valence-corrected chi connectivity index (χ3v) is 8.99. The van der Waals surface area contributed by atoms with E-state index in [0.717, 1.165) is 56.6 Å². The third-order valence-electron chi connectivity index (χ3n) is 7.13. The molecule has 0 bridgehead atoms. The first kappa shape index (κ1) is 25.0. The SMILES string of the molecule is CCC1CCc2cc(C(C)C)ccc2N1S(=O)(=O)c1ccc(OCC2CCOCC2)c(CO)c1. The smallest absolute Gasteiger partial charge is 0.264 e. The van der Waals surface area contributed by atoms with Crippen LogP contribution in [0.4, 0.5) is 5.69 Å². The van der Waals surface area contributed by atoms with Gasteiger partial charge in [0.05, 0.1) is 23.8 Å². The minimum absolute atomic E-state index is 0.0931. The van der Waals surface area contributed by atoms with Crippen LogP contribution in [0.25, 0.3) is 0 Å². The fourth-order valence-electron chi connectivity index (χ4n) is 4.93. The zero-order chi connectivity index (χ0) is 24.3. The lowest BCUT2D eigenvalue weighted by atomic mass is 9.92. The summed E-state index contributed by atoms with van der Waals surface area (Å²) in [5, 5.41) is 9.99. The standard InChI is InChI=1S/C27H37NO5S/c1-4-24-7-5-22-15-21(19(2)3)6-9-26(22)28(24)34(30,31)25-8-10-27(23(16-25)17-29)33-18-20-11-13-32-14-12-20/h6,8-10,15-16,19-20,24,29H,4-5,7,11-14,17-18H2,1-3H3. The molecule has 2 aromatic carbocycles. The average molecular weight is 488 g/mol. The second-order valence-corrected chi connectivity index (χ2v) is 11.6. The molecule has 2 heterocycles. The number of hydrogen-bond acceptors (Lipinski definition) is 5. The first-order chi connectivity index (χ1) is 16.3. The van der Waals surface area contributed by atoms with Gasteiger partial charge in [0.2, 0.25) is 0 Å². The number of aryl methyl sites for hydroxylation is 1. The van der Waals surface area contributed by atoms with E-state index in [1.54, 1.807) is 22.5 Å². The lowest BCUT2D eigenvalue weighted by Crippen LogP contribution is -2.43. The second-order valence-electron chi connectivity index (χ2n) is 9.74. The highest BCUT2D eigenvalue weighted by molar-refractivity contribution is 7.92. The maximum absolute atomic E-state index is 13.9. The molecule has 4 rings (SSSR count). The van der Waals surface area contributed by atoms with Crippen molar-refractivity contribution in [3.05, 3.63) is 53.1 Å². The van der Waals surface area contributed by atoms with E-state index in [-0.39, 0.29) is 17.5 Å². The molecule has 0 saturated carbocycles. The quantitative estimate of drug-likeness (QED) is 0.565. The first-order valence-corrected chi connectivity index (χ1v) is 13.9. The van der Waals surface area contributed by atoms with E-state index in [0.29, 0.717) is 29.8 Å². The van der Waals surface area contributed by atoms with Gasteiger partial charge in [0.25, 0.3) is 10.0 Å². The number of fused-ring (bicyclic) bond motifs is 1. The van der Waals surface area contributed by atoms with Gasteiger partial charge in [-0.3, -0.25) is 4.31 Å². The molecule has 2 aromatic rings. The Morgan fingerprint density at radius 1 is 1.12 bits per heavy atom. The molecule has 6 nitrogen and oxygen atoms in total. The van der Waals surface area contributed by atoms with Gasteiger partial charge < -0.3 is 14.6 Å². The van der Waals surface area contributed by atoms with Crippen LogP contribution in [-0.2, 0) is 27.8 Å². The molecule has 1 atom stereocenters. The molecule has 0 radical (unpaired) electrons. The number of aliphatic hydroxyl groups is 1. The van der Waals surface area contributed by atoms with E-state index in [1.807, 2.05) is 19.1 Å². The number of ether oxygens (including phenoxy) is 2. The molecule has 1 unspecified atom stereocenters. The number of anilines is 1. The molecule has 1 N–H and O–H groups in total. The summed E-state index contributed by atoms with van der Waals surface area (Å²) in [6.45, 7) is 8.08. The van der Waals surface area contributed by atoms with E-state index in [4.69, 9.17) is 9.47 Å². The number of rotatable bonds is 8. The predicted octanol–water partition coefficient (Wildman–Crippen LogP) is 5.03. The van der Waals surface area contributed by atoms with Crippen molar-refractivity contribution in [2.75, 3.05) is 24.1 Å². The van der Waals surface area contributed by atoms with Crippen LogP contribution in [0.1, 0.15) is 69.1 Å². The van der Waals surface area contributed by atoms with Gasteiger partial charge >= 0.3 is 0 Å². The summed E-state index contributed by atoms with van der Waals surface area (Å²) in [4.78, 5) is 0.189. The Labute approximate surface area is 203 Å². The van der Waals surface area contributed by atoms with Crippen LogP contribution in [-0.4, -0.2) is 39.4 Å². The highest BCUT2D eigenvalue weighted by atomic mass is 32.2. The van der Waals surface area contributed by atoms with Gasteiger partial charge in [-0.2, -0.15) is 0 Å². The summed E-state index contributed by atoms with van der Waals surface area (Å²) >= 11 is 0. The molecule has 2 aliphatic heterocycles. The number of sulfonamides is 1. The van der Waals surface area contributed by atoms with Crippen molar-refractivity contribution in [1.82, 2.24) is 0 Å². The maximum Gasteiger partial charge on any atom is 0.264 e. The van der Waals surface area contributed by atoms with Crippen molar-refractivity contribution in [1.29, 1.82) is 0 Å². The fourth-order valence-corrected chi connectivity index (χ4v) is 6.77. The van der Waals surface area contributed by atoms with Gasteiger partial charge in [-0.15, -0.1) is 0 Å². The Morgan fingerprint density at radius 3 is 2.56 bits per heavy atom. The zero-order valence-corrected chi connectivity index (χ0v) is 21.3. The van der Waals surface area contributed by atoms with Gasteiger partial charge in [-0.25, -0.2) is 8.42 Å². The van der Waals surface area contributed by atoms with E-state index in [9.17, 15) is 13.5 Å². The summed E-state index contributed by atoms with van der Waals surface area (Å²) in [5.41, 5.74) is 3.57. The lowest BCUT2D eigenvalue weighted by Gasteiger charge is -2.38. The molecule has 0 amide bonds. The molecule has 7 heteroatoms. The Kier molecular flexibility index (Phi) is 7.85. The molecule has 1 fully saturated rings. The molecule has 0 spiro atoms. The van der Waals surface area contributed by atoms with Crippen LogP contribution >= 0.6 is 0 Å². The van der Waals surface area contributed by atoms with E-state index in [1.165, 1.54) is 5.56 Å². The van der Waals surface area contributed by atoms with Gasteiger partial charge in [0, 0.05) is 24.8 Å². The number of benzene rings is 2. The number of aliphatic hydroxyl groups excluding tert-OH is 1. The van der Waals surface area contributed by atoms with Crippen molar-refractivity contribution in [3.8, 4) is 5.75 Å². The van der Waals surface area contributed by atoms with Crippen molar-refractivity contribution < 1.29 is 23.0 Å². The van der Waals surface area contributed by atoms with Crippen molar-refractivity contribution in [2.24, 2.45) is 5.92 Å². The first-order valence-electron chi connectivity index (χ1n) is 12.5. The molecule has 1 saturated heterocycles. The van der Waals surface area contributed by atoms with Gasteiger partial charge in [-0.1, -0.05) is 32.9 Å². The lowest BCUT2D eigenvalue weighted by molar-refractivity contribution is 0.0494. The third kappa shape index (κ3) is 5.11. The minimum atomic E-state index is -3.80. The monoisotopic (exact) mass is 487 g/mol. The van der Waals surface area contributed by atoms with Crippen molar-refractivity contribution >= 4 is 15.7 Å². The molecule has 0 aliphatic carbocycles. The Balaban J connectivity index is 1.64. The average Bonchev–Trinajstić information content (AvgIpc) is 2.86. The topological polar surface area (TPSA) is 76.1 Å². The Hall–Kier alpha value is -2.09. The summed E-state index contributed by atoms with van der Waals surface area (Å²) in [6, 6.07) is 10.9. The van der Waals surface area contributed by atoms with E-state index < -0.39 is 10.0 Å². The van der Waals surface area contributed by atoms with Crippen LogP contribution in [0.2, 0.25) is 0 Å². The summed E-state index contributed by atoms with van der Waals surface area (Å²) in [7, 11) is -3.80. The summed E-state index contributed by atoms with van der Waals surface area (Å²) in [5.74, 6) is 1.34. The van der Waals surface area contributed by atoms with E-state index >= 15 is 0 Å². The van der Waals surface area contributed by atoms with Crippen LogP contribution in [0.3, 0.4) is 0 Å². The Bertz CT molecular complexity index is 1090. The van der Waals surface area contributed by atoms with Gasteiger partial charge in [-0.05, 0) is 79.3 Å². The minimum Gasteiger partial charge on any atom is -0.493 e. The summed E-state index contributed by atoms with van der Waals surface area (Å²) in [6.07, 6.45) is 4.31. The molecule has 2 aliphatic rings. The molecular weight excluding hydrogens is 450 g/mol.